The maximum absolute atomic E-state index is 13.5. The normalized spacial score (nSPS) is 10.7. The molecule has 4 nitrogen and oxygen atoms in total. The highest BCUT2D eigenvalue weighted by Gasteiger charge is 2.05. The van der Waals surface area contributed by atoms with Gasteiger partial charge in [0, 0.05) is 10.6 Å². The van der Waals surface area contributed by atoms with Crippen LogP contribution in [0.25, 0.3) is 0 Å². The van der Waals surface area contributed by atoms with Crippen molar-refractivity contribution in [2.75, 3.05) is 6.61 Å². The second kappa shape index (κ2) is 7.77. The monoisotopic (exact) mass is 340 g/mol. The Balaban J connectivity index is 1.86. The fraction of sp³-hybridized carbons (Fsp3) is 0.0667. The molecule has 1 N–H and O–H groups in total. The van der Waals surface area contributed by atoms with Crippen molar-refractivity contribution >= 4 is 35.3 Å². The van der Waals surface area contributed by atoms with Crippen LogP contribution in [-0.4, -0.2) is 18.7 Å². The minimum atomic E-state index is -0.527. The first-order chi connectivity index (χ1) is 10.6. The molecule has 2 aromatic carbocycles. The zero-order valence-corrected chi connectivity index (χ0v) is 12.7. The second-order valence-corrected chi connectivity index (χ2v) is 5.02. The van der Waals surface area contributed by atoms with E-state index in [0.29, 0.717) is 10.8 Å². The molecule has 0 unspecified atom stereocenters. The molecule has 0 radical (unpaired) electrons. The maximum Gasteiger partial charge on any atom is 0.277 e. The molecule has 114 valence electrons. The Hall–Kier alpha value is -2.11. The minimum Gasteiger partial charge on any atom is -0.484 e. The molecule has 0 aliphatic carbocycles. The van der Waals surface area contributed by atoms with Gasteiger partial charge in [0.25, 0.3) is 5.91 Å². The zero-order chi connectivity index (χ0) is 15.9. The quantitative estimate of drug-likeness (QED) is 0.667. The highest BCUT2D eigenvalue weighted by atomic mass is 35.5. The van der Waals surface area contributed by atoms with Gasteiger partial charge in [0.05, 0.1) is 11.2 Å². The summed E-state index contributed by atoms with van der Waals surface area (Å²) in [6.45, 7) is -0.247. The van der Waals surface area contributed by atoms with Gasteiger partial charge in [-0.3, -0.25) is 4.79 Å². The zero-order valence-electron chi connectivity index (χ0n) is 11.2. The number of halogens is 3. The lowest BCUT2D eigenvalue weighted by Gasteiger charge is -2.05. The van der Waals surface area contributed by atoms with Gasteiger partial charge in [-0.2, -0.15) is 5.10 Å². The van der Waals surface area contributed by atoms with Crippen LogP contribution in [0.2, 0.25) is 10.0 Å². The van der Waals surface area contributed by atoms with E-state index in [1.54, 1.807) is 24.3 Å². The predicted molar refractivity (Wildman–Crippen MR) is 84.1 cm³/mol. The third kappa shape index (κ3) is 4.72. The number of hydrogen-bond acceptors (Lipinski definition) is 3. The fourth-order valence-corrected chi connectivity index (χ4v) is 1.93. The molecular weight excluding hydrogens is 330 g/mol. The minimum absolute atomic E-state index is 0.0974. The van der Waals surface area contributed by atoms with Gasteiger partial charge in [0.2, 0.25) is 0 Å². The standard InChI is InChI=1S/C15H11Cl2FN2O2/c16-10-3-1-4-11(7-10)22-9-15(21)20-19-8-12-13(17)5-2-6-14(12)18/h1-8H,9H2,(H,20,21)/b19-8-. The Labute approximate surface area is 136 Å². The highest BCUT2D eigenvalue weighted by Crippen LogP contribution is 2.17. The van der Waals surface area contributed by atoms with Crippen molar-refractivity contribution in [1.82, 2.24) is 5.43 Å². The number of carbonyl (C=O) groups excluding carboxylic acids is 1. The van der Waals surface area contributed by atoms with E-state index in [1.807, 2.05) is 0 Å². The van der Waals surface area contributed by atoms with Crippen molar-refractivity contribution in [2.24, 2.45) is 5.10 Å². The number of nitrogens with zero attached hydrogens (tertiary/aromatic N) is 1. The second-order valence-electron chi connectivity index (χ2n) is 4.17. The average Bonchev–Trinajstić information content (AvgIpc) is 2.48. The number of nitrogens with one attached hydrogen (secondary N) is 1. The van der Waals surface area contributed by atoms with E-state index in [1.165, 1.54) is 18.2 Å². The number of benzene rings is 2. The van der Waals surface area contributed by atoms with Crippen LogP contribution in [0.5, 0.6) is 5.75 Å². The molecule has 0 saturated carbocycles. The molecule has 0 spiro atoms. The van der Waals surface area contributed by atoms with Crippen LogP contribution in [0.3, 0.4) is 0 Å². The Morgan fingerprint density at radius 3 is 2.77 bits per heavy atom. The molecule has 22 heavy (non-hydrogen) atoms. The Kier molecular flexibility index (Phi) is 5.75. The molecular formula is C15H11Cl2FN2O2. The summed E-state index contributed by atoms with van der Waals surface area (Å²) in [7, 11) is 0. The number of hydrazone groups is 1. The van der Waals surface area contributed by atoms with E-state index >= 15 is 0 Å². The molecule has 2 aromatic rings. The summed E-state index contributed by atoms with van der Waals surface area (Å²) < 4.78 is 18.7. The summed E-state index contributed by atoms with van der Waals surface area (Å²) >= 11 is 11.6. The lowest BCUT2D eigenvalue weighted by atomic mass is 10.2. The van der Waals surface area contributed by atoms with Crippen LogP contribution >= 0.6 is 23.2 Å². The van der Waals surface area contributed by atoms with E-state index in [-0.39, 0.29) is 17.2 Å². The van der Waals surface area contributed by atoms with Crippen LogP contribution in [-0.2, 0) is 4.79 Å². The Bertz CT molecular complexity index is 687. The number of amides is 1. The molecule has 2 rings (SSSR count). The van der Waals surface area contributed by atoms with E-state index < -0.39 is 11.7 Å². The topological polar surface area (TPSA) is 50.7 Å². The first kappa shape index (κ1) is 16.3. The Morgan fingerprint density at radius 1 is 1.27 bits per heavy atom. The number of hydrogen-bond donors (Lipinski definition) is 1. The number of carbonyl (C=O) groups is 1. The summed E-state index contributed by atoms with van der Waals surface area (Å²) in [5, 5.41) is 4.34. The predicted octanol–water partition coefficient (Wildman–Crippen LogP) is 3.66. The third-order valence-electron chi connectivity index (χ3n) is 2.55. The average molecular weight is 341 g/mol. The highest BCUT2D eigenvalue weighted by molar-refractivity contribution is 6.33. The summed E-state index contributed by atoms with van der Waals surface area (Å²) in [4.78, 5) is 11.6. The molecule has 0 saturated heterocycles. The van der Waals surface area contributed by atoms with Crippen LogP contribution in [0.4, 0.5) is 4.39 Å². The van der Waals surface area contributed by atoms with Gasteiger partial charge in [-0.15, -0.1) is 0 Å². The molecule has 1 amide bonds. The fourth-order valence-electron chi connectivity index (χ4n) is 1.54. The van der Waals surface area contributed by atoms with Gasteiger partial charge >= 0.3 is 0 Å². The molecule has 7 heteroatoms. The molecule has 0 aromatic heterocycles. The van der Waals surface area contributed by atoms with Gasteiger partial charge in [0.1, 0.15) is 11.6 Å². The summed E-state index contributed by atoms with van der Waals surface area (Å²) in [6, 6.07) is 10.9. The molecule has 0 aliphatic heterocycles. The van der Waals surface area contributed by atoms with Crippen LogP contribution in [0.15, 0.2) is 47.6 Å². The molecule has 0 fully saturated rings. The lowest BCUT2D eigenvalue weighted by molar-refractivity contribution is -0.123. The largest absolute Gasteiger partial charge is 0.484 e. The van der Waals surface area contributed by atoms with Gasteiger partial charge in [0.15, 0.2) is 6.61 Å². The summed E-state index contributed by atoms with van der Waals surface area (Å²) in [6.07, 6.45) is 1.13. The van der Waals surface area contributed by atoms with Gasteiger partial charge in [-0.25, -0.2) is 9.82 Å². The van der Waals surface area contributed by atoms with E-state index in [4.69, 9.17) is 27.9 Å². The molecule has 0 atom stereocenters. The molecule has 0 heterocycles. The van der Waals surface area contributed by atoms with E-state index in [9.17, 15) is 9.18 Å². The first-order valence-corrected chi connectivity index (χ1v) is 6.96. The van der Waals surface area contributed by atoms with Crippen molar-refractivity contribution in [3.63, 3.8) is 0 Å². The third-order valence-corrected chi connectivity index (χ3v) is 3.11. The molecule has 0 bridgehead atoms. The lowest BCUT2D eigenvalue weighted by Crippen LogP contribution is -2.24. The van der Waals surface area contributed by atoms with Crippen molar-refractivity contribution in [3.8, 4) is 5.75 Å². The van der Waals surface area contributed by atoms with E-state index in [2.05, 4.69) is 10.5 Å². The summed E-state index contributed by atoms with van der Waals surface area (Å²) in [5.41, 5.74) is 2.32. The van der Waals surface area contributed by atoms with Crippen LogP contribution < -0.4 is 10.2 Å². The maximum atomic E-state index is 13.5. The Morgan fingerprint density at radius 2 is 2.05 bits per heavy atom. The number of ether oxygens (including phenoxy) is 1. The van der Waals surface area contributed by atoms with E-state index in [0.717, 1.165) is 6.21 Å². The van der Waals surface area contributed by atoms with Gasteiger partial charge in [-0.1, -0.05) is 35.3 Å². The summed E-state index contributed by atoms with van der Waals surface area (Å²) in [5.74, 6) is -0.562. The van der Waals surface area contributed by atoms with Crippen LogP contribution in [0.1, 0.15) is 5.56 Å². The first-order valence-electron chi connectivity index (χ1n) is 6.20. The molecule has 0 aliphatic rings. The van der Waals surface area contributed by atoms with Crippen molar-refractivity contribution in [1.29, 1.82) is 0 Å². The van der Waals surface area contributed by atoms with Crippen molar-refractivity contribution in [3.05, 3.63) is 63.9 Å². The van der Waals surface area contributed by atoms with Gasteiger partial charge < -0.3 is 4.74 Å². The SMILES string of the molecule is O=C(COc1cccc(Cl)c1)N/N=C\c1c(F)cccc1Cl. The van der Waals surface area contributed by atoms with Crippen molar-refractivity contribution < 1.29 is 13.9 Å². The van der Waals surface area contributed by atoms with Crippen LogP contribution in [0, 0.1) is 5.82 Å². The van der Waals surface area contributed by atoms with Crippen molar-refractivity contribution in [2.45, 2.75) is 0 Å². The van der Waals surface area contributed by atoms with Gasteiger partial charge in [-0.05, 0) is 30.3 Å². The smallest absolute Gasteiger partial charge is 0.277 e. The number of rotatable bonds is 5.